The summed E-state index contributed by atoms with van der Waals surface area (Å²) in [5, 5.41) is 0.591. The molecule has 82 valence electrons. The molecule has 5 heteroatoms. The lowest BCUT2D eigenvalue weighted by atomic mass is 10.3. The van der Waals surface area contributed by atoms with Crippen molar-refractivity contribution in [2.24, 2.45) is 4.40 Å². The minimum atomic E-state index is -1.26. The molecule has 0 aliphatic heterocycles. The van der Waals surface area contributed by atoms with Crippen LogP contribution in [0.2, 0.25) is 5.02 Å². The molecule has 0 saturated heterocycles. The molecule has 1 rings (SSSR count). The first kappa shape index (κ1) is 12.5. The molecule has 1 heterocycles. The van der Waals surface area contributed by atoms with Gasteiger partial charge in [0.1, 0.15) is 22.3 Å². The van der Waals surface area contributed by atoms with Crippen LogP contribution in [0, 0.1) is 0 Å². The van der Waals surface area contributed by atoms with Gasteiger partial charge in [0.05, 0.1) is 5.69 Å². The number of rotatable bonds is 2. The van der Waals surface area contributed by atoms with Gasteiger partial charge in [0.15, 0.2) is 0 Å². The molecule has 0 N–H and O–H groups in total. The van der Waals surface area contributed by atoms with E-state index in [1.54, 1.807) is 18.3 Å². The highest BCUT2D eigenvalue weighted by Gasteiger charge is 2.25. The lowest BCUT2D eigenvalue weighted by molar-refractivity contribution is 0.562. The molecule has 3 nitrogen and oxygen atoms in total. The van der Waals surface area contributed by atoms with Crippen LogP contribution in [0.3, 0.4) is 0 Å². The molecule has 1 aromatic rings. The second-order valence-electron chi connectivity index (χ2n) is 3.99. The lowest BCUT2D eigenvalue weighted by Gasteiger charge is -2.17. The van der Waals surface area contributed by atoms with Gasteiger partial charge in [0, 0.05) is 11.2 Å². The predicted octanol–water partition coefficient (Wildman–Crippen LogP) is 2.62. The van der Waals surface area contributed by atoms with Gasteiger partial charge in [-0.25, -0.2) is 0 Å². The molecule has 0 aliphatic rings. The quantitative estimate of drug-likeness (QED) is 0.593. The van der Waals surface area contributed by atoms with Crippen molar-refractivity contribution in [1.82, 2.24) is 4.98 Å². The Bertz CT molecular complexity index is 363. The Kier molecular flexibility index (Phi) is 4.13. The fourth-order valence-corrected chi connectivity index (χ4v) is 1.44. The van der Waals surface area contributed by atoms with Crippen LogP contribution in [0.1, 0.15) is 26.5 Å². The third-order valence-corrected chi connectivity index (χ3v) is 3.13. The van der Waals surface area contributed by atoms with Crippen molar-refractivity contribution in [3.8, 4) is 0 Å². The number of hydrogen-bond donors (Lipinski definition) is 0. The fraction of sp³-hybridized carbons (Fsp3) is 0.400. The molecule has 1 atom stereocenters. The van der Waals surface area contributed by atoms with E-state index in [0.29, 0.717) is 10.7 Å². The predicted molar refractivity (Wildman–Crippen MR) is 64.7 cm³/mol. The highest BCUT2D eigenvalue weighted by Crippen LogP contribution is 2.16. The summed E-state index contributed by atoms with van der Waals surface area (Å²) in [6.07, 6.45) is 3.07. The van der Waals surface area contributed by atoms with Gasteiger partial charge < -0.3 is 4.55 Å². The van der Waals surface area contributed by atoms with Crippen LogP contribution in [0.15, 0.2) is 22.7 Å². The van der Waals surface area contributed by atoms with E-state index in [4.69, 9.17) is 11.6 Å². The molecular formula is C10H13ClN2OS. The van der Waals surface area contributed by atoms with Gasteiger partial charge in [0.25, 0.3) is 0 Å². The molecule has 0 aliphatic carbocycles. The highest BCUT2D eigenvalue weighted by molar-refractivity contribution is 7.91. The lowest BCUT2D eigenvalue weighted by Crippen LogP contribution is -2.25. The second-order valence-corrected chi connectivity index (χ2v) is 6.37. The zero-order valence-corrected chi connectivity index (χ0v) is 10.5. The highest BCUT2D eigenvalue weighted by atomic mass is 35.5. The topological polar surface area (TPSA) is 48.3 Å². The van der Waals surface area contributed by atoms with Crippen molar-refractivity contribution in [1.29, 1.82) is 0 Å². The van der Waals surface area contributed by atoms with Crippen LogP contribution < -0.4 is 0 Å². The molecule has 0 amide bonds. The van der Waals surface area contributed by atoms with E-state index in [-0.39, 0.29) is 4.75 Å². The van der Waals surface area contributed by atoms with E-state index in [1.807, 2.05) is 20.8 Å². The minimum Gasteiger partial charge on any atom is -0.591 e. The van der Waals surface area contributed by atoms with Crippen LogP contribution >= 0.6 is 11.6 Å². The van der Waals surface area contributed by atoms with Gasteiger partial charge in [-0.15, -0.1) is 0 Å². The van der Waals surface area contributed by atoms with Crippen LogP contribution in [0.4, 0.5) is 0 Å². The molecule has 0 radical (unpaired) electrons. The van der Waals surface area contributed by atoms with Gasteiger partial charge in [-0.05, 0) is 32.9 Å². The minimum absolute atomic E-state index is 0.352. The van der Waals surface area contributed by atoms with Crippen LogP contribution in [-0.4, -0.2) is 20.5 Å². The smallest absolute Gasteiger partial charge is 0.144 e. The number of halogens is 1. The number of hydrogen-bond acceptors (Lipinski definition) is 3. The average Bonchev–Trinajstić information content (AvgIpc) is 2.12. The number of pyridine rings is 1. The summed E-state index contributed by atoms with van der Waals surface area (Å²) in [6, 6.07) is 3.35. The maximum absolute atomic E-state index is 11.6. The fourth-order valence-electron chi connectivity index (χ4n) is 0.752. The van der Waals surface area contributed by atoms with E-state index < -0.39 is 11.4 Å². The summed E-state index contributed by atoms with van der Waals surface area (Å²) < 4.78 is 15.2. The Morgan fingerprint density at radius 3 is 2.73 bits per heavy atom. The summed E-state index contributed by atoms with van der Waals surface area (Å²) in [5.74, 6) is 0. The molecule has 15 heavy (non-hydrogen) atoms. The average molecular weight is 245 g/mol. The Morgan fingerprint density at radius 2 is 2.20 bits per heavy atom. The zero-order valence-electron chi connectivity index (χ0n) is 8.90. The summed E-state index contributed by atoms with van der Waals surface area (Å²) in [4.78, 5) is 4.03. The van der Waals surface area contributed by atoms with Crippen molar-refractivity contribution in [2.45, 2.75) is 25.5 Å². The molecule has 1 aromatic heterocycles. The van der Waals surface area contributed by atoms with Crippen molar-refractivity contribution < 1.29 is 4.55 Å². The Balaban J connectivity index is 2.74. The Labute approximate surface area is 97.9 Å². The molecule has 0 saturated carbocycles. The van der Waals surface area contributed by atoms with Crippen LogP contribution in [0.25, 0.3) is 0 Å². The molecule has 0 spiro atoms. The largest absolute Gasteiger partial charge is 0.591 e. The zero-order chi connectivity index (χ0) is 11.5. The van der Waals surface area contributed by atoms with Crippen LogP contribution in [0.5, 0.6) is 0 Å². The van der Waals surface area contributed by atoms with Gasteiger partial charge in [-0.3, -0.25) is 4.98 Å². The van der Waals surface area contributed by atoms with Crippen molar-refractivity contribution >= 4 is 29.2 Å². The Hall–Kier alpha value is -0.580. The number of nitrogens with zero attached hydrogens (tertiary/aromatic N) is 2. The Morgan fingerprint density at radius 1 is 1.53 bits per heavy atom. The summed E-state index contributed by atoms with van der Waals surface area (Å²) >= 11 is 4.51. The normalized spacial score (nSPS) is 14.5. The van der Waals surface area contributed by atoms with E-state index in [0.717, 1.165) is 0 Å². The van der Waals surface area contributed by atoms with Crippen molar-refractivity contribution in [3.05, 3.63) is 29.0 Å². The third-order valence-electron chi connectivity index (χ3n) is 1.55. The summed E-state index contributed by atoms with van der Waals surface area (Å²) in [6.45, 7) is 5.60. The maximum atomic E-state index is 11.6. The number of aromatic nitrogens is 1. The van der Waals surface area contributed by atoms with Gasteiger partial charge in [-0.2, -0.15) is 0 Å². The SMILES string of the molecule is CC(C)(C)[S@+]([O-])N=Cc1cc(Cl)ccn1. The summed E-state index contributed by atoms with van der Waals surface area (Å²) in [5.41, 5.74) is 0.611. The van der Waals surface area contributed by atoms with E-state index in [1.165, 1.54) is 6.21 Å². The first-order valence-corrected chi connectivity index (χ1v) is 5.96. The van der Waals surface area contributed by atoms with Gasteiger partial charge in [-0.1, -0.05) is 16.0 Å². The van der Waals surface area contributed by atoms with Gasteiger partial charge in [0.2, 0.25) is 0 Å². The molecule has 0 fully saturated rings. The standard InChI is InChI=1S/C10H13ClN2OS/c1-10(2,3)15(14)13-7-9-6-8(11)4-5-12-9/h4-7H,1-3H3/t15-/m0/s1. The summed E-state index contributed by atoms with van der Waals surface area (Å²) in [7, 11) is 0. The van der Waals surface area contributed by atoms with E-state index >= 15 is 0 Å². The molecule has 0 bridgehead atoms. The molecule has 0 unspecified atom stereocenters. The monoisotopic (exact) mass is 244 g/mol. The molecular weight excluding hydrogens is 232 g/mol. The van der Waals surface area contributed by atoms with Gasteiger partial charge >= 0.3 is 0 Å². The van der Waals surface area contributed by atoms with E-state index in [2.05, 4.69) is 9.38 Å². The first-order chi connectivity index (χ1) is 6.89. The first-order valence-electron chi connectivity index (χ1n) is 4.47. The third kappa shape index (κ3) is 4.20. The second kappa shape index (κ2) is 4.96. The van der Waals surface area contributed by atoms with Crippen molar-refractivity contribution in [2.75, 3.05) is 0 Å². The van der Waals surface area contributed by atoms with Crippen LogP contribution in [-0.2, 0) is 11.4 Å². The van der Waals surface area contributed by atoms with Crippen molar-refractivity contribution in [3.63, 3.8) is 0 Å². The maximum Gasteiger partial charge on any atom is 0.144 e. The van der Waals surface area contributed by atoms with E-state index in [9.17, 15) is 4.55 Å². The molecule has 0 aromatic carbocycles.